The molecule has 0 bridgehead atoms. The largest absolute Gasteiger partial charge is 0.215 e. The van der Waals surface area contributed by atoms with Gasteiger partial charge in [-0.05, 0) is 12.8 Å². The van der Waals surface area contributed by atoms with Crippen LogP contribution in [0.5, 0.6) is 0 Å². The zero-order chi connectivity index (χ0) is 10.7. The van der Waals surface area contributed by atoms with Crippen molar-refractivity contribution >= 4 is 10.0 Å². The van der Waals surface area contributed by atoms with E-state index in [9.17, 15) is 8.42 Å². The SMILES string of the molecule is CC.CC.O=S1(=O)CCCCCN1. The quantitative estimate of drug-likeness (QED) is 0.664. The molecule has 1 rings (SSSR count). The molecule has 13 heavy (non-hydrogen) atoms. The lowest BCUT2D eigenvalue weighted by atomic mass is 10.3. The summed E-state index contributed by atoms with van der Waals surface area (Å²) in [5.41, 5.74) is 0. The number of hydrogen-bond acceptors (Lipinski definition) is 2. The van der Waals surface area contributed by atoms with E-state index in [1.165, 1.54) is 0 Å². The molecule has 0 saturated carbocycles. The minimum Gasteiger partial charge on any atom is -0.215 e. The van der Waals surface area contributed by atoms with Gasteiger partial charge in [-0.25, -0.2) is 13.1 Å². The van der Waals surface area contributed by atoms with Crippen LogP contribution in [0.2, 0.25) is 0 Å². The number of rotatable bonds is 0. The Morgan fingerprint density at radius 2 is 1.46 bits per heavy atom. The maximum absolute atomic E-state index is 10.8. The lowest BCUT2D eigenvalue weighted by Gasteiger charge is -1.96. The Labute approximate surface area is 83.0 Å². The Balaban J connectivity index is 0. The molecule has 0 amide bonds. The van der Waals surface area contributed by atoms with Gasteiger partial charge in [-0.3, -0.25) is 0 Å². The molecular formula is C9H23NO2S. The molecule has 1 fully saturated rings. The van der Waals surface area contributed by atoms with E-state index in [2.05, 4.69) is 4.72 Å². The van der Waals surface area contributed by atoms with Crippen molar-refractivity contribution in [2.45, 2.75) is 47.0 Å². The van der Waals surface area contributed by atoms with Crippen LogP contribution in [0.25, 0.3) is 0 Å². The first-order chi connectivity index (χ1) is 6.21. The van der Waals surface area contributed by atoms with Crippen LogP contribution < -0.4 is 4.72 Å². The molecule has 1 aliphatic heterocycles. The third-order valence-corrected chi connectivity index (χ3v) is 2.88. The van der Waals surface area contributed by atoms with Crippen LogP contribution in [0.15, 0.2) is 0 Å². The molecule has 0 atom stereocenters. The van der Waals surface area contributed by atoms with Crippen LogP contribution in [0.1, 0.15) is 47.0 Å². The minimum atomic E-state index is -2.87. The average molecular weight is 209 g/mol. The highest BCUT2D eigenvalue weighted by atomic mass is 32.2. The average Bonchev–Trinajstić information content (AvgIpc) is 2.36. The van der Waals surface area contributed by atoms with Crippen molar-refractivity contribution in [1.29, 1.82) is 0 Å². The normalized spacial score (nSPS) is 19.7. The van der Waals surface area contributed by atoms with E-state index in [0.717, 1.165) is 19.3 Å². The van der Waals surface area contributed by atoms with Gasteiger partial charge in [-0.15, -0.1) is 0 Å². The van der Waals surface area contributed by atoms with Crippen molar-refractivity contribution in [3.05, 3.63) is 0 Å². The van der Waals surface area contributed by atoms with Gasteiger partial charge >= 0.3 is 0 Å². The summed E-state index contributed by atoms with van der Waals surface area (Å²) in [6.07, 6.45) is 2.83. The number of hydrogen-bond donors (Lipinski definition) is 1. The minimum absolute atomic E-state index is 0.312. The predicted octanol–water partition coefficient (Wildman–Crippen LogP) is 2.14. The molecule has 0 aromatic carbocycles. The Bertz CT molecular complexity index is 162. The van der Waals surface area contributed by atoms with Gasteiger partial charge < -0.3 is 0 Å². The second-order valence-corrected chi connectivity index (χ2v) is 4.20. The van der Waals surface area contributed by atoms with Crippen LogP contribution in [-0.4, -0.2) is 20.7 Å². The van der Waals surface area contributed by atoms with E-state index in [1.54, 1.807) is 0 Å². The highest BCUT2D eigenvalue weighted by Gasteiger charge is 2.11. The van der Waals surface area contributed by atoms with Crippen molar-refractivity contribution in [2.24, 2.45) is 0 Å². The van der Waals surface area contributed by atoms with Gasteiger partial charge in [0.05, 0.1) is 5.75 Å². The van der Waals surface area contributed by atoms with Crippen LogP contribution in [0.3, 0.4) is 0 Å². The van der Waals surface area contributed by atoms with Crippen molar-refractivity contribution in [3.8, 4) is 0 Å². The Morgan fingerprint density at radius 1 is 0.923 bits per heavy atom. The van der Waals surface area contributed by atoms with Gasteiger partial charge in [-0.2, -0.15) is 0 Å². The zero-order valence-corrected chi connectivity index (χ0v) is 10.1. The summed E-state index contributed by atoms with van der Waals surface area (Å²) >= 11 is 0. The fourth-order valence-corrected chi connectivity index (χ4v) is 2.08. The van der Waals surface area contributed by atoms with Crippen LogP contribution in [-0.2, 0) is 10.0 Å². The first-order valence-corrected chi connectivity index (χ1v) is 6.83. The summed E-state index contributed by atoms with van der Waals surface area (Å²) in [5, 5.41) is 0. The molecule has 1 aliphatic rings. The molecule has 0 spiro atoms. The molecule has 3 nitrogen and oxygen atoms in total. The monoisotopic (exact) mass is 209 g/mol. The summed E-state index contributed by atoms with van der Waals surface area (Å²) in [4.78, 5) is 0. The van der Waals surface area contributed by atoms with Gasteiger partial charge in [0.25, 0.3) is 0 Å². The van der Waals surface area contributed by atoms with Crippen molar-refractivity contribution in [3.63, 3.8) is 0 Å². The number of sulfonamides is 1. The van der Waals surface area contributed by atoms with E-state index >= 15 is 0 Å². The molecule has 82 valence electrons. The molecule has 1 N–H and O–H groups in total. The lowest BCUT2D eigenvalue weighted by Crippen LogP contribution is -2.24. The van der Waals surface area contributed by atoms with E-state index in [-0.39, 0.29) is 0 Å². The smallest absolute Gasteiger partial charge is 0.211 e. The van der Waals surface area contributed by atoms with Crippen LogP contribution >= 0.6 is 0 Å². The second kappa shape index (κ2) is 9.99. The van der Waals surface area contributed by atoms with Crippen LogP contribution in [0, 0.1) is 0 Å². The zero-order valence-electron chi connectivity index (χ0n) is 9.26. The number of nitrogens with one attached hydrogen (secondary N) is 1. The van der Waals surface area contributed by atoms with E-state index in [1.807, 2.05) is 27.7 Å². The molecule has 0 aromatic heterocycles. The standard InChI is InChI=1S/C5H11NO2S.2C2H6/c7-9(8)5-3-1-2-4-6-9;2*1-2/h6H,1-5H2;2*1-2H3. The van der Waals surface area contributed by atoms with Gasteiger partial charge in [-0.1, -0.05) is 34.1 Å². The summed E-state index contributed by atoms with van der Waals surface area (Å²) < 4.78 is 24.0. The van der Waals surface area contributed by atoms with E-state index < -0.39 is 10.0 Å². The third kappa shape index (κ3) is 9.83. The van der Waals surface area contributed by atoms with Crippen molar-refractivity contribution in [2.75, 3.05) is 12.3 Å². The highest BCUT2D eigenvalue weighted by Crippen LogP contribution is 2.02. The molecule has 1 heterocycles. The second-order valence-electron chi connectivity index (χ2n) is 2.27. The molecule has 1 saturated heterocycles. The lowest BCUT2D eigenvalue weighted by molar-refractivity contribution is 0.585. The maximum Gasteiger partial charge on any atom is 0.211 e. The highest BCUT2D eigenvalue weighted by molar-refractivity contribution is 7.89. The summed E-state index contributed by atoms with van der Waals surface area (Å²) in [6.45, 7) is 8.63. The first-order valence-electron chi connectivity index (χ1n) is 5.18. The van der Waals surface area contributed by atoms with E-state index in [0.29, 0.717) is 12.3 Å². The summed E-state index contributed by atoms with van der Waals surface area (Å²) in [5.74, 6) is 0.312. The predicted molar refractivity (Wildman–Crippen MR) is 58.3 cm³/mol. The van der Waals surface area contributed by atoms with Gasteiger partial charge in [0.1, 0.15) is 0 Å². The Morgan fingerprint density at radius 3 is 2.00 bits per heavy atom. The summed E-state index contributed by atoms with van der Waals surface area (Å²) in [6, 6.07) is 0. The van der Waals surface area contributed by atoms with Crippen molar-refractivity contribution in [1.82, 2.24) is 4.72 Å². The van der Waals surface area contributed by atoms with Crippen molar-refractivity contribution < 1.29 is 8.42 Å². The molecule has 0 aliphatic carbocycles. The first kappa shape index (κ1) is 15.4. The molecule has 0 radical (unpaired) electrons. The van der Waals surface area contributed by atoms with E-state index in [4.69, 9.17) is 0 Å². The Kier molecular flexibility index (Phi) is 11.8. The molecule has 4 heteroatoms. The van der Waals surface area contributed by atoms with Gasteiger partial charge in [0, 0.05) is 6.54 Å². The molecule has 0 unspecified atom stereocenters. The Hall–Kier alpha value is -0.0900. The third-order valence-electron chi connectivity index (χ3n) is 1.41. The van der Waals surface area contributed by atoms with Gasteiger partial charge in [0.15, 0.2) is 0 Å². The topological polar surface area (TPSA) is 46.2 Å². The summed E-state index contributed by atoms with van der Waals surface area (Å²) in [7, 11) is -2.87. The molecular weight excluding hydrogens is 186 g/mol. The fourth-order valence-electron chi connectivity index (χ4n) is 0.894. The maximum atomic E-state index is 10.8. The molecule has 0 aromatic rings. The van der Waals surface area contributed by atoms with Crippen LogP contribution in [0.4, 0.5) is 0 Å². The fraction of sp³-hybridized carbons (Fsp3) is 1.00. The van der Waals surface area contributed by atoms with Gasteiger partial charge in [0.2, 0.25) is 10.0 Å².